The number of carbonyl (C=O) groups excluding carboxylic acids is 1. The summed E-state index contributed by atoms with van der Waals surface area (Å²) < 4.78 is 52.0. The van der Waals surface area contributed by atoms with Crippen LogP contribution in [0.5, 0.6) is 17.2 Å². The van der Waals surface area contributed by atoms with E-state index >= 15 is 0 Å². The molecule has 1 aliphatic rings. The van der Waals surface area contributed by atoms with Gasteiger partial charge in [0.25, 0.3) is 5.91 Å². The Balaban J connectivity index is 1.79. The summed E-state index contributed by atoms with van der Waals surface area (Å²) in [6.45, 7) is -1.47. The van der Waals surface area contributed by atoms with Crippen LogP contribution in [-0.2, 0) is 0 Å². The van der Waals surface area contributed by atoms with E-state index in [-0.39, 0.29) is 28.8 Å². The Labute approximate surface area is 145 Å². The summed E-state index contributed by atoms with van der Waals surface area (Å²) in [5.74, 6) is -0.0188. The summed E-state index contributed by atoms with van der Waals surface area (Å²) in [7, 11) is 0. The van der Waals surface area contributed by atoms with Crippen molar-refractivity contribution in [1.29, 1.82) is 0 Å². The second kappa shape index (κ2) is 6.72. The van der Waals surface area contributed by atoms with Crippen LogP contribution in [0.4, 0.5) is 18.9 Å². The molecule has 0 aliphatic carbocycles. The number of alkyl halides is 3. The van der Waals surface area contributed by atoms with E-state index in [1.54, 1.807) is 6.07 Å². The maximum atomic E-state index is 12.4. The molecule has 2 aromatic rings. The molecule has 0 radical (unpaired) electrons. The average molecular weight is 374 g/mol. The zero-order chi connectivity index (χ0) is 18.0. The highest BCUT2D eigenvalue weighted by atomic mass is 35.5. The molecule has 0 fully saturated rings. The highest BCUT2D eigenvalue weighted by Gasteiger charge is 2.29. The first kappa shape index (κ1) is 17.2. The van der Waals surface area contributed by atoms with Gasteiger partial charge in [0.05, 0.1) is 10.7 Å². The van der Waals surface area contributed by atoms with Gasteiger partial charge in [-0.25, -0.2) is 0 Å². The number of ether oxygens (including phenoxy) is 3. The van der Waals surface area contributed by atoms with Crippen molar-refractivity contribution in [2.75, 3.05) is 18.7 Å². The van der Waals surface area contributed by atoms with E-state index in [1.807, 2.05) is 0 Å². The average Bonchev–Trinajstić information content (AvgIpc) is 3.02. The lowest BCUT2D eigenvalue weighted by molar-refractivity contribution is -0.153. The first-order valence-electron chi connectivity index (χ1n) is 7.02. The van der Waals surface area contributed by atoms with E-state index in [2.05, 4.69) is 5.32 Å². The number of benzene rings is 2. The van der Waals surface area contributed by atoms with Crippen LogP contribution in [0.25, 0.3) is 0 Å². The molecule has 0 aromatic heterocycles. The number of hydrogen-bond acceptors (Lipinski definition) is 4. The molecule has 1 aliphatic heterocycles. The lowest BCUT2D eigenvalue weighted by atomic mass is 10.1. The maximum Gasteiger partial charge on any atom is 0.422 e. The molecule has 25 heavy (non-hydrogen) atoms. The van der Waals surface area contributed by atoms with Crippen LogP contribution >= 0.6 is 11.6 Å². The van der Waals surface area contributed by atoms with Gasteiger partial charge in [-0.2, -0.15) is 13.2 Å². The Morgan fingerprint density at radius 3 is 2.76 bits per heavy atom. The second-order valence-corrected chi connectivity index (χ2v) is 5.45. The Bertz CT molecular complexity index is 810. The van der Waals surface area contributed by atoms with Crippen molar-refractivity contribution in [3.05, 3.63) is 47.0 Å². The number of rotatable bonds is 4. The molecule has 0 saturated carbocycles. The van der Waals surface area contributed by atoms with Gasteiger partial charge in [-0.1, -0.05) is 23.7 Å². The van der Waals surface area contributed by atoms with Gasteiger partial charge in [-0.05, 0) is 24.3 Å². The molecule has 2 aromatic carbocycles. The normalized spacial score (nSPS) is 12.8. The number of hydrogen-bond donors (Lipinski definition) is 1. The molecule has 5 nitrogen and oxygen atoms in total. The highest BCUT2D eigenvalue weighted by Crippen LogP contribution is 2.40. The van der Waals surface area contributed by atoms with Crippen molar-refractivity contribution in [2.45, 2.75) is 6.18 Å². The van der Waals surface area contributed by atoms with Crippen molar-refractivity contribution in [3.8, 4) is 17.2 Å². The molecule has 0 saturated heterocycles. The van der Waals surface area contributed by atoms with Crippen molar-refractivity contribution in [1.82, 2.24) is 0 Å². The number of amides is 1. The minimum Gasteiger partial charge on any atom is -0.482 e. The number of anilines is 1. The van der Waals surface area contributed by atoms with Crippen LogP contribution in [0, 0.1) is 0 Å². The fourth-order valence-corrected chi connectivity index (χ4v) is 2.41. The summed E-state index contributed by atoms with van der Waals surface area (Å²) in [5.41, 5.74) is 0.269. The van der Waals surface area contributed by atoms with Crippen LogP contribution < -0.4 is 19.5 Å². The highest BCUT2D eigenvalue weighted by molar-refractivity contribution is 6.32. The van der Waals surface area contributed by atoms with Gasteiger partial charge in [0.2, 0.25) is 6.79 Å². The third kappa shape index (κ3) is 4.08. The largest absolute Gasteiger partial charge is 0.482 e. The Morgan fingerprint density at radius 2 is 2.00 bits per heavy atom. The van der Waals surface area contributed by atoms with Crippen molar-refractivity contribution >= 4 is 23.2 Å². The van der Waals surface area contributed by atoms with Crippen LogP contribution in [0.15, 0.2) is 36.4 Å². The molecule has 1 amide bonds. The van der Waals surface area contributed by atoms with Gasteiger partial charge in [-0.15, -0.1) is 0 Å². The Kier molecular flexibility index (Phi) is 4.63. The molecule has 9 heteroatoms. The molecule has 3 rings (SSSR count). The van der Waals surface area contributed by atoms with Gasteiger partial charge in [0.1, 0.15) is 5.75 Å². The lowest BCUT2D eigenvalue weighted by Crippen LogP contribution is -2.20. The van der Waals surface area contributed by atoms with Crippen molar-refractivity contribution in [2.24, 2.45) is 0 Å². The second-order valence-electron chi connectivity index (χ2n) is 5.05. The third-order valence-corrected chi connectivity index (χ3v) is 3.50. The van der Waals surface area contributed by atoms with E-state index < -0.39 is 18.7 Å². The van der Waals surface area contributed by atoms with E-state index in [0.29, 0.717) is 11.5 Å². The first-order chi connectivity index (χ1) is 11.8. The van der Waals surface area contributed by atoms with Crippen molar-refractivity contribution in [3.63, 3.8) is 0 Å². The smallest absolute Gasteiger partial charge is 0.422 e. The summed E-state index contributed by atoms with van der Waals surface area (Å²) in [6.07, 6.45) is -4.48. The molecule has 0 spiro atoms. The molecule has 1 N–H and O–H groups in total. The summed E-state index contributed by atoms with van der Waals surface area (Å²) in [4.78, 5) is 12.4. The fourth-order valence-electron chi connectivity index (χ4n) is 2.15. The molecular weight excluding hydrogens is 363 g/mol. The van der Waals surface area contributed by atoms with E-state index in [1.165, 1.54) is 30.3 Å². The predicted molar refractivity (Wildman–Crippen MR) is 83.5 cm³/mol. The molecule has 0 unspecified atom stereocenters. The third-order valence-electron chi connectivity index (χ3n) is 3.22. The zero-order valence-electron chi connectivity index (χ0n) is 12.5. The summed E-state index contributed by atoms with van der Waals surface area (Å²) >= 11 is 6.02. The fraction of sp³-hybridized carbons (Fsp3) is 0.188. The van der Waals surface area contributed by atoms with Gasteiger partial charge in [-0.3, -0.25) is 4.79 Å². The van der Waals surface area contributed by atoms with Crippen LogP contribution in [0.3, 0.4) is 0 Å². The van der Waals surface area contributed by atoms with Crippen molar-refractivity contribution < 1.29 is 32.2 Å². The number of fused-ring (bicyclic) bond motifs is 1. The monoisotopic (exact) mass is 373 g/mol. The van der Waals surface area contributed by atoms with Crippen LogP contribution in [0.1, 0.15) is 10.4 Å². The number of halogens is 4. The Morgan fingerprint density at radius 1 is 1.24 bits per heavy atom. The van der Waals surface area contributed by atoms with E-state index in [9.17, 15) is 18.0 Å². The van der Waals surface area contributed by atoms with E-state index in [4.69, 9.17) is 25.8 Å². The van der Waals surface area contributed by atoms with Crippen LogP contribution in [-0.4, -0.2) is 25.5 Å². The molecule has 132 valence electrons. The molecule has 0 atom stereocenters. The van der Waals surface area contributed by atoms with Gasteiger partial charge in [0, 0.05) is 5.56 Å². The zero-order valence-corrected chi connectivity index (χ0v) is 13.3. The molecule has 0 bridgehead atoms. The van der Waals surface area contributed by atoms with E-state index in [0.717, 1.165) is 0 Å². The quantitative estimate of drug-likeness (QED) is 0.870. The Hall–Kier alpha value is -2.61. The number of carbonyl (C=O) groups is 1. The topological polar surface area (TPSA) is 56.8 Å². The standard InChI is InChI=1S/C16H11ClF3NO4/c17-10-5-9(6-13-14(10)25-8-24-13)15(22)21-11-3-1-2-4-12(11)23-7-16(18,19)20/h1-6H,7-8H2,(H,21,22). The van der Waals surface area contributed by atoms with Crippen LogP contribution in [0.2, 0.25) is 5.02 Å². The maximum absolute atomic E-state index is 12.4. The minimum atomic E-state index is -4.48. The summed E-state index contributed by atoms with van der Waals surface area (Å²) in [5, 5.41) is 2.69. The van der Waals surface area contributed by atoms with Gasteiger partial charge in [0.15, 0.2) is 18.1 Å². The predicted octanol–water partition coefficient (Wildman–Crippen LogP) is 4.26. The minimum absolute atomic E-state index is 0.00571. The lowest BCUT2D eigenvalue weighted by Gasteiger charge is -2.14. The number of para-hydroxylation sites is 2. The van der Waals surface area contributed by atoms with Gasteiger partial charge < -0.3 is 19.5 Å². The first-order valence-corrected chi connectivity index (χ1v) is 7.40. The molecule has 1 heterocycles. The SMILES string of the molecule is O=C(Nc1ccccc1OCC(F)(F)F)c1cc(Cl)c2c(c1)OCO2. The molecular formula is C16H11ClF3NO4. The number of nitrogens with one attached hydrogen (secondary N) is 1. The van der Waals surface area contributed by atoms with Gasteiger partial charge >= 0.3 is 6.18 Å². The summed E-state index contributed by atoms with van der Waals surface area (Å²) in [6, 6.07) is 8.62.